The van der Waals surface area contributed by atoms with Crippen LogP contribution in [0.15, 0.2) is 0 Å². The molecule has 8 nitrogen and oxygen atoms in total. The molecule has 134 valence electrons. The summed E-state index contributed by atoms with van der Waals surface area (Å²) in [4.78, 5) is 26.3. The maximum atomic E-state index is 12.3. The number of rotatable bonds is 5. The Labute approximate surface area is 141 Å². The number of carboxylic acid groups (broad SMARTS) is 1. The second kappa shape index (κ2) is 6.94. The van der Waals surface area contributed by atoms with E-state index in [1.54, 1.807) is 13.8 Å². The standard InChI is InChI=1S/C15H23N3O5S/c1-9-12(15(20)21)10(2)17-13(9)14(19)16-7-11-5-4-6-18(8-11)24(3,22)23/h11,17H,4-8H2,1-3H3,(H,16,19)(H,20,21)/t11-/m0/s1. The molecule has 2 rings (SSSR count). The van der Waals surface area contributed by atoms with Crippen molar-refractivity contribution in [1.29, 1.82) is 0 Å². The van der Waals surface area contributed by atoms with Gasteiger partial charge in [0.1, 0.15) is 5.69 Å². The number of carbonyl (C=O) groups is 2. The number of hydrogen-bond donors (Lipinski definition) is 3. The van der Waals surface area contributed by atoms with Gasteiger partial charge in [-0.3, -0.25) is 4.79 Å². The molecule has 0 aromatic carbocycles. The zero-order valence-corrected chi connectivity index (χ0v) is 14.9. The van der Waals surface area contributed by atoms with Gasteiger partial charge in [0.05, 0.1) is 11.8 Å². The first-order valence-electron chi connectivity index (χ1n) is 7.77. The minimum Gasteiger partial charge on any atom is -0.478 e. The van der Waals surface area contributed by atoms with Crippen LogP contribution >= 0.6 is 0 Å². The van der Waals surface area contributed by atoms with Crippen molar-refractivity contribution in [3.8, 4) is 0 Å². The molecule has 1 atom stereocenters. The molecular formula is C15H23N3O5S. The van der Waals surface area contributed by atoms with Gasteiger partial charge in [0.15, 0.2) is 0 Å². The summed E-state index contributed by atoms with van der Waals surface area (Å²) in [6.07, 6.45) is 2.79. The molecular weight excluding hydrogens is 334 g/mol. The van der Waals surface area contributed by atoms with Gasteiger partial charge in [-0.2, -0.15) is 0 Å². The Balaban J connectivity index is 2.01. The highest BCUT2D eigenvalue weighted by Crippen LogP contribution is 2.20. The Hall–Kier alpha value is -1.87. The number of aromatic amines is 1. The zero-order chi connectivity index (χ0) is 18.1. The van der Waals surface area contributed by atoms with E-state index in [-0.39, 0.29) is 23.1 Å². The van der Waals surface area contributed by atoms with E-state index in [1.807, 2.05) is 0 Å². The summed E-state index contributed by atoms with van der Waals surface area (Å²) >= 11 is 0. The van der Waals surface area contributed by atoms with Gasteiger partial charge in [-0.05, 0) is 38.2 Å². The lowest BCUT2D eigenvalue weighted by atomic mass is 9.99. The number of H-pyrrole nitrogens is 1. The van der Waals surface area contributed by atoms with Crippen LogP contribution in [-0.2, 0) is 10.0 Å². The van der Waals surface area contributed by atoms with E-state index in [9.17, 15) is 18.0 Å². The van der Waals surface area contributed by atoms with Crippen molar-refractivity contribution in [1.82, 2.24) is 14.6 Å². The first-order chi connectivity index (χ1) is 11.1. The highest BCUT2D eigenvalue weighted by atomic mass is 32.2. The third-order valence-corrected chi connectivity index (χ3v) is 5.65. The number of nitrogens with one attached hydrogen (secondary N) is 2. The van der Waals surface area contributed by atoms with Crippen LogP contribution in [0.1, 0.15) is 44.9 Å². The van der Waals surface area contributed by atoms with E-state index in [0.29, 0.717) is 30.9 Å². The van der Waals surface area contributed by atoms with Crippen LogP contribution in [0, 0.1) is 19.8 Å². The van der Waals surface area contributed by atoms with Crippen LogP contribution in [0.25, 0.3) is 0 Å². The molecule has 24 heavy (non-hydrogen) atoms. The van der Waals surface area contributed by atoms with Gasteiger partial charge < -0.3 is 15.4 Å². The molecule has 1 aliphatic rings. The Morgan fingerprint density at radius 2 is 2.04 bits per heavy atom. The van der Waals surface area contributed by atoms with Gasteiger partial charge in [0.2, 0.25) is 10.0 Å². The summed E-state index contributed by atoms with van der Waals surface area (Å²) in [5.74, 6) is -1.40. The summed E-state index contributed by atoms with van der Waals surface area (Å²) in [5, 5.41) is 11.9. The second-order valence-corrected chi connectivity index (χ2v) is 8.25. The van der Waals surface area contributed by atoms with Crippen LogP contribution < -0.4 is 5.32 Å². The average molecular weight is 357 g/mol. The van der Waals surface area contributed by atoms with Gasteiger partial charge in [0, 0.05) is 25.3 Å². The van der Waals surface area contributed by atoms with Crippen molar-refractivity contribution >= 4 is 21.9 Å². The van der Waals surface area contributed by atoms with Crippen LogP contribution in [0.5, 0.6) is 0 Å². The monoisotopic (exact) mass is 357 g/mol. The first-order valence-corrected chi connectivity index (χ1v) is 9.62. The molecule has 1 aromatic rings. The molecule has 9 heteroatoms. The number of aryl methyl sites for hydroxylation is 1. The number of sulfonamides is 1. The summed E-state index contributed by atoms with van der Waals surface area (Å²) in [6.45, 7) is 4.46. The number of hydrogen-bond acceptors (Lipinski definition) is 4. The van der Waals surface area contributed by atoms with Crippen LogP contribution in [0.3, 0.4) is 0 Å². The molecule has 0 radical (unpaired) electrons. The molecule has 0 bridgehead atoms. The Morgan fingerprint density at radius 1 is 1.38 bits per heavy atom. The first kappa shape index (κ1) is 18.5. The smallest absolute Gasteiger partial charge is 0.337 e. The van der Waals surface area contributed by atoms with Crippen molar-refractivity contribution in [2.75, 3.05) is 25.9 Å². The Morgan fingerprint density at radius 3 is 2.58 bits per heavy atom. The molecule has 1 amide bonds. The highest BCUT2D eigenvalue weighted by molar-refractivity contribution is 7.88. The minimum atomic E-state index is -3.22. The minimum absolute atomic E-state index is 0.0488. The lowest BCUT2D eigenvalue weighted by Crippen LogP contribution is -2.43. The van der Waals surface area contributed by atoms with E-state index < -0.39 is 16.0 Å². The molecule has 0 spiro atoms. The number of carbonyl (C=O) groups excluding carboxylic acids is 1. The molecule has 3 N–H and O–H groups in total. The number of aromatic nitrogens is 1. The van der Waals surface area contributed by atoms with Gasteiger partial charge in [0.25, 0.3) is 5.91 Å². The van der Waals surface area contributed by atoms with Crippen LogP contribution in [-0.4, -0.2) is 60.6 Å². The molecule has 2 heterocycles. The third-order valence-electron chi connectivity index (χ3n) is 4.38. The topological polar surface area (TPSA) is 120 Å². The largest absolute Gasteiger partial charge is 0.478 e. The number of aromatic carboxylic acids is 1. The third kappa shape index (κ3) is 3.96. The molecule has 1 fully saturated rings. The lowest BCUT2D eigenvalue weighted by Gasteiger charge is -2.30. The summed E-state index contributed by atoms with van der Waals surface area (Å²) in [7, 11) is -3.22. The normalized spacial score (nSPS) is 19.2. The van der Waals surface area contributed by atoms with Crippen molar-refractivity contribution in [3.63, 3.8) is 0 Å². The van der Waals surface area contributed by atoms with E-state index in [0.717, 1.165) is 12.8 Å². The van der Waals surface area contributed by atoms with E-state index in [1.165, 1.54) is 10.6 Å². The van der Waals surface area contributed by atoms with Crippen molar-refractivity contribution in [3.05, 3.63) is 22.5 Å². The lowest BCUT2D eigenvalue weighted by molar-refractivity contribution is 0.0695. The van der Waals surface area contributed by atoms with Crippen LogP contribution in [0.2, 0.25) is 0 Å². The fourth-order valence-corrected chi connectivity index (χ4v) is 4.06. The van der Waals surface area contributed by atoms with Gasteiger partial charge in [-0.15, -0.1) is 0 Å². The molecule has 1 aromatic heterocycles. The number of carboxylic acids is 1. The molecule has 0 unspecified atom stereocenters. The summed E-state index contributed by atoms with van der Waals surface area (Å²) < 4.78 is 24.7. The quantitative estimate of drug-likeness (QED) is 0.718. The predicted molar refractivity (Wildman–Crippen MR) is 88.7 cm³/mol. The molecule has 1 aliphatic heterocycles. The Bertz CT molecular complexity index is 753. The van der Waals surface area contributed by atoms with Crippen molar-refractivity contribution < 1.29 is 23.1 Å². The zero-order valence-electron chi connectivity index (χ0n) is 14.0. The van der Waals surface area contributed by atoms with E-state index >= 15 is 0 Å². The van der Waals surface area contributed by atoms with Gasteiger partial charge in [-0.1, -0.05) is 0 Å². The van der Waals surface area contributed by atoms with Gasteiger partial charge in [-0.25, -0.2) is 17.5 Å². The SMILES string of the molecule is Cc1[nH]c(C(=O)NC[C@@H]2CCCN(S(C)(=O)=O)C2)c(C)c1C(=O)O. The fraction of sp³-hybridized carbons (Fsp3) is 0.600. The molecule has 1 saturated heterocycles. The van der Waals surface area contributed by atoms with E-state index in [4.69, 9.17) is 5.11 Å². The second-order valence-electron chi connectivity index (χ2n) is 6.27. The Kier molecular flexibility index (Phi) is 5.34. The fourth-order valence-electron chi connectivity index (χ4n) is 3.12. The van der Waals surface area contributed by atoms with Gasteiger partial charge >= 0.3 is 5.97 Å². The number of piperidine rings is 1. The summed E-state index contributed by atoms with van der Waals surface area (Å²) in [6, 6.07) is 0. The van der Waals surface area contributed by atoms with Crippen molar-refractivity contribution in [2.24, 2.45) is 5.92 Å². The maximum Gasteiger partial charge on any atom is 0.337 e. The highest BCUT2D eigenvalue weighted by Gasteiger charge is 2.27. The van der Waals surface area contributed by atoms with E-state index in [2.05, 4.69) is 10.3 Å². The molecule has 0 saturated carbocycles. The molecule has 0 aliphatic carbocycles. The van der Waals surface area contributed by atoms with Crippen molar-refractivity contribution in [2.45, 2.75) is 26.7 Å². The number of nitrogens with zero attached hydrogens (tertiary/aromatic N) is 1. The summed E-state index contributed by atoms with van der Waals surface area (Å²) in [5.41, 5.74) is 1.19. The van der Waals surface area contributed by atoms with Crippen LogP contribution in [0.4, 0.5) is 0 Å². The predicted octanol–water partition coefficient (Wildman–Crippen LogP) is 0.731. The average Bonchev–Trinajstić information content (AvgIpc) is 2.79. The number of amides is 1. The maximum absolute atomic E-state index is 12.3.